The average Bonchev–Trinajstić information content (AvgIpc) is 2.60. The maximum atomic E-state index is 12.4. The monoisotopic (exact) mass is 409 g/mol. The highest BCUT2D eigenvalue weighted by Crippen LogP contribution is 2.40. The Morgan fingerprint density at radius 2 is 1.83 bits per heavy atom. The van der Waals surface area contributed by atoms with Crippen molar-refractivity contribution < 1.29 is 28.1 Å². The molecule has 1 aromatic carbocycles. The molecule has 0 saturated heterocycles. The van der Waals surface area contributed by atoms with Gasteiger partial charge >= 0.3 is 6.36 Å². The van der Waals surface area contributed by atoms with E-state index in [1.807, 2.05) is 0 Å². The van der Waals surface area contributed by atoms with Crippen LogP contribution < -0.4 is 10.1 Å². The molecule has 0 aliphatic heterocycles. The molecular weight excluding hydrogens is 387 g/mol. The topological polar surface area (TPSA) is 87.5 Å². The van der Waals surface area contributed by atoms with E-state index in [-0.39, 0.29) is 11.8 Å². The van der Waals surface area contributed by atoms with E-state index in [0.717, 1.165) is 48.9 Å². The molecule has 156 valence electrons. The Labute approximate surface area is 165 Å². The number of ether oxygens (including phenoxy) is 1. The van der Waals surface area contributed by atoms with Crippen molar-refractivity contribution in [3.05, 3.63) is 29.3 Å². The molecule has 1 heterocycles. The minimum Gasteiger partial charge on any atom is -0.507 e. The van der Waals surface area contributed by atoms with Gasteiger partial charge < -0.3 is 20.3 Å². The number of aliphatic hydroxyl groups is 1. The molecule has 0 spiro atoms. The van der Waals surface area contributed by atoms with Crippen LogP contribution in [-0.2, 0) is 12.8 Å². The third kappa shape index (κ3) is 4.24. The fraction of sp³-hybridized carbons (Fsp3) is 0.500. The number of aromatic hydroxyl groups is 1. The first-order valence-electron chi connectivity index (χ1n) is 9.58. The largest absolute Gasteiger partial charge is 0.573 e. The number of hydrogen-bond donors (Lipinski definition) is 3. The second-order valence-electron chi connectivity index (χ2n) is 8.03. The summed E-state index contributed by atoms with van der Waals surface area (Å²) in [6.07, 6.45) is -0.0542. The molecule has 1 aromatic heterocycles. The van der Waals surface area contributed by atoms with E-state index in [1.54, 1.807) is 6.92 Å². The zero-order valence-corrected chi connectivity index (χ0v) is 15.9. The molecule has 29 heavy (non-hydrogen) atoms. The summed E-state index contributed by atoms with van der Waals surface area (Å²) in [5.74, 6) is -0.152. The van der Waals surface area contributed by atoms with Gasteiger partial charge in [-0.1, -0.05) is 0 Å². The number of anilines is 1. The molecule has 0 unspecified atom stereocenters. The highest BCUT2D eigenvalue weighted by molar-refractivity contribution is 5.73. The van der Waals surface area contributed by atoms with Gasteiger partial charge in [0.05, 0.1) is 5.60 Å². The summed E-state index contributed by atoms with van der Waals surface area (Å²) in [5.41, 5.74) is 2.10. The lowest BCUT2D eigenvalue weighted by atomic mass is 9.77. The van der Waals surface area contributed by atoms with Crippen LogP contribution in [-0.4, -0.2) is 38.4 Å². The van der Waals surface area contributed by atoms with Crippen LogP contribution in [0.4, 0.5) is 19.0 Å². The van der Waals surface area contributed by atoms with Crippen LogP contribution in [0.5, 0.6) is 11.5 Å². The van der Waals surface area contributed by atoms with E-state index < -0.39 is 17.7 Å². The highest BCUT2D eigenvalue weighted by Gasteiger charge is 2.39. The minimum atomic E-state index is -4.83. The summed E-state index contributed by atoms with van der Waals surface area (Å²) < 4.78 is 41.1. The minimum absolute atomic E-state index is 0.128. The normalized spacial score (nSPS) is 23.8. The Balaban J connectivity index is 1.65. The van der Waals surface area contributed by atoms with Gasteiger partial charge in [-0.3, -0.25) is 0 Å². The van der Waals surface area contributed by atoms with Crippen molar-refractivity contribution in [2.45, 2.75) is 63.5 Å². The second kappa shape index (κ2) is 7.05. The summed E-state index contributed by atoms with van der Waals surface area (Å²) in [7, 11) is 0. The second-order valence-corrected chi connectivity index (χ2v) is 8.03. The molecule has 2 aliphatic carbocycles. The van der Waals surface area contributed by atoms with Crippen molar-refractivity contribution >= 4 is 5.82 Å². The first-order chi connectivity index (χ1) is 13.6. The van der Waals surface area contributed by atoms with Gasteiger partial charge in [0.25, 0.3) is 0 Å². The van der Waals surface area contributed by atoms with Crippen molar-refractivity contribution in [3.63, 3.8) is 0 Å². The quantitative estimate of drug-likeness (QED) is 0.709. The summed E-state index contributed by atoms with van der Waals surface area (Å²) in [6.45, 7) is 1.80. The Bertz CT molecular complexity index is 923. The maximum Gasteiger partial charge on any atom is 0.573 e. The lowest BCUT2D eigenvalue weighted by Crippen LogP contribution is -2.48. The summed E-state index contributed by atoms with van der Waals surface area (Å²) in [6, 6.07) is 3.58. The Morgan fingerprint density at radius 3 is 2.45 bits per heavy atom. The van der Waals surface area contributed by atoms with Crippen LogP contribution in [0, 0.1) is 0 Å². The van der Waals surface area contributed by atoms with Crippen molar-refractivity contribution in [2.75, 3.05) is 5.32 Å². The van der Waals surface area contributed by atoms with Gasteiger partial charge in [-0.15, -0.1) is 23.4 Å². The number of phenols is 1. The first kappa shape index (κ1) is 19.8. The van der Waals surface area contributed by atoms with Crippen LogP contribution in [0.15, 0.2) is 18.2 Å². The zero-order chi connectivity index (χ0) is 20.8. The Hall–Kier alpha value is -2.55. The van der Waals surface area contributed by atoms with Gasteiger partial charge in [-0.25, -0.2) is 0 Å². The van der Waals surface area contributed by atoms with Crippen molar-refractivity contribution in [2.24, 2.45) is 0 Å². The van der Waals surface area contributed by atoms with Crippen LogP contribution in [0.3, 0.4) is 0 Å². The third-order valence-electron chi connectivity index (χ3n) is 5.46. The van der Waals surface area contributed by atoms with Gasteiger partial charge in [0.15, 0.2) is 5.82 Å². The number of fused-ring (bicyclic) bond motifs is 1. The van der Waals surface area contributed by atoms with Gasteiger partial charge in [-0.05, 0) is 63.1 Å². The van der Waals surface area contributed by atoms with E-state index in [4.69, 9.17) is 0 Å². The van der Waals surface area contributed by atoms with Crippen LogP contribution in [0.1, 0.15) is 43.7 Å². The van der Waals surface area contributed by atoms with Crippen molar-refractivity contribution in [1.29, 1.82) is 0 Å². The van der Waals surface area contributed by atoms with E-state index in [9.17, 15) is 23.4 Å². The van der Waals surface area contributed by atoms with Gasteiger partial charge in [0.1, 0.15) is 17.2 Å². The van der Waals surface area contributed by atoms with Gasteiger partial charge in [-0.2, -0.15) is 0 Å². The summed E-state index contributed by atoms with van der Waals surface area (Å²) in [4.78, 5) is 0. The third-order valence-corrected chi connectivity index (χ3v) is 5.46. The average molecular weight is 409 g/mol. The predicted octanol–water partition coefficient (Wildman–Crippen LogP) is 3.95. The molecule has 3 N–H and O–H groups in total. The SMILES string of the molecule is CC1(O)CC(Nc2nnc(-c3ccc(OC(F)(F)F)cc3O)c3c2CCCC3)C1. The number of aromatic nitrogens is 2. The number of phenolic OH excluding ortho intramolecular Hbond substituents is 1. The van der Waals surface area contributed by atoms with Crippen LogP contribution in [0.2, 0.25) is 0 Å². The molecule has 4 rings (SSSR count). The molecule has 9 heteroatoms. The zero-order valence-electron chi connectivity index (χ0n) is 15.9. The molecule has 0 atom stereocenters. The smallest absolute Gasteiger partial charge is 0.507 e. The number of nitrogens with zero attached hydrogens (tertiary/aromatic N) is 2. The molecule has 0 radical (unpaired) electrons. The predicted molar refractivity (Wildman–Crippen MR) is 99.7 cm³/mol. The van der Waals surface area contributed by atoms with Gasteiger partial charge in [0.2, 0.25) is 0 Å². The molecule has 0 bridgehead atoms. The number of halogens is 3. The fourth-order valence-electron chi connectivity index (χ4n) is 4.19. The first-order valence-corrected chi connectivity index (χ1v) is 9.58. The molecular formula is C20H22F3N3O3. The van der Waals surface area contributed by atoms with Crippen molar-refractivity contribution in [3.8, 4) is 22.8 Å². The standard InChI is InChI=1S/C20H22F3N3O3/c1-19(28)9-11(10-19)24-18-14-5-3-2-4-13(14)17(25-26-18)15-7-6-12(8-16(15)27)29-20(21,22)23/h6-8,11,27-28H,2-5,9-10H2,1H3,(H,24,26). The molecule has 6 nitrogen and oxygen atoms in total. The number of benzene rings is 1. The molecule has 2 aromatic rings. The van der Waals surface area contributed by atoms with E-state index in [0.29, 0.717) is 29.9 Å². The fourth-order valence-corrected chi connectivity index (χ4v) is 4.19. The number of hydrogen-bond acceptors (Lipinski definition) is 6. The lowest BCUT2D eigenvalue weighted by molar-refractivity contribution is -0.274. The lowest BCUT2D eigenvalue weighted by Gasteiger charge is -2.41. The van der Waals surface area contributed by atoms with Crippen LogP contribution in [0.25, 0.3) is 11.3 Å². The van der Waals surface area contributed by atoms with Crippen molar-refractivity contribution in [1.82, 2.24) is 10.2 Å². The van der Waals surface area contributed by atoms with Gasteiger partial charge in [0, 0.05) is 23.2 Å². The molecule has 1 saturated carbocycles. The summed E-state index contributed by atoms with van der Waals surface area (Å²) >= 11 is 0. The Morgan fingerprint density at radius 1 is 1.14 bits per heavy atom. The molecule has 0 amide bonds. The highest BCUT2D eigenvalue weighted by atomic mass is 19.4. The Kier molecular flexibility index (Phi) is 4.80. The van der Waals surface area contributed by atoms with Crippen LogP contribution >= 0.6 is 0 Å². The van der Waals surface area contributed by atoms with E-state index in [1.165, 1.54) is 6.07 Å². The molecule has 1 fully saturated rings. The molecule has 2 aliphatic rings. The maximum absolute atomic E-state index is 12.4. The van der Waals surface area contributed by atoms with E-state index in [2.05, 4.69) is 20.3 Å². The summed E-state index contributed by atoms with van der Waals surface area (Å²) in [5, 5.41) is 32.2. The number of alkyl halides is 3. The number of nitrogens with one attached hydrogen (secondary N) is 1. The van der Waals surface area contributed by atoms with E-state index >= 15 is 0 Å². The number of rotatable bonds is 4.